The number of ketones is 1. The molecule has 1 heterocycles. The number of hydrogen-bond acceptors (Lipinski definition) is 5. The van der Waals surface area contributed by atoms with Crippen LogP contribution in [0.3, 0.4) is 0 Å². The van der Waals surface area contributed by atoms with Crippen molar-refractivity contribution < 1.29 is 41.8 Å². The lowest BCUT2D eigenvalue weighted by Gasteiger charge is -2.18. The van der Waals surface area contributed by atoms with Gasteiger partial charge in [-0.3, -0.25) is 19.2 Å². The molecule has 1 aromatic heterocycles. The number of rotatable bonds is 10. The van der Waals surface area contributed by atoms with Gasteiger partial charge in [0, 0.05) is 29.1 Å². The Kier molecular flexibility index (Phi) is 8.30. The lowest BCUT2D eigenvalue weighted by molar-refractivity contribution is -0.138. The number of halogens is 5. The van der Waals surface area contributed by atoms with Gasteiger partial charge in [-0.1, -0.05) is 17.7 Å². The molecule has 190 valence electrons. The van der Waals surface area contributed by atoms with Crippen molar-refractivity contribution in [2.24, 2.45) is 0 Å². The lowest BCUT2D eigenvalue weighted by Crippen LogP contribution is -2.45. The number of pyridine rings is 1. The summed E-state index contributed by atoms with van der Waals surface area (Å²) in [7, 11) is 0. The zero-order valence-electron chi connectivity index (χ0n) is 18.2. The van der Waals surface area contributed by atoms with E-state index in [9.17, 15) is 36.7 Å². The summed E-state index contributed by atoms with van der Waals surface area (Å²) in [5, 5.41) is 12.3. The number of nitrogens with zero attached hydrogens (tertiary/aromatic N) is 1. The van der Waals surface area contributed by atoms with E-state index in [2.05, 4.69) is 10.1 Å². The molecule has 1 unspecified atom stereocenters. The quantitative estimate of drug-likeness (QED) is 0.308. The first kappa shape index (κ1) is 26.7. The second kappa shape index (κ2) is 11.2. The van der Waals surface area contributed by atoms with E-state index in [4.69, 9.17) is 16.7 Å². The number of ether oxygens (including phenoxy) is 1. The third-order valence-corrected chi connectivity index (χ3v) is 5.29. The smallest absolute Gasteiger partial charge is 0.303 e. The van der Waals surface area contributed by atoms with Gasteiger partial charge >= 0.3 is 5.97 Å². The molecule has 0 saturated heterocycles. The Morgan fingerprint density at radius 1 is 1.06 bits per heavy atom. The molecule has 8 nitrogen and oxygen atoms in total. The fourth-order valence-electron chi connectivity index (χ4n) is 3.27. The molecular weight excluding hydrogens is 512 g/mol. The number of carbonyl (C=O) groups excluding carboxylic acids is 2. The summed E-state index contributed by atoms with van der Waals surface area (Å²) in [6.07, 6.45) is 0.315. The minimum Gasteiger partial charge on any atom is -0.481 e. The highest BCUT2D eigenvalue weighted by Gasteiger charge is 2.26. The number of carboxylic acids is 1. The number of amides is 1. The number of aliphatic carboxylic acids is 1. The molecule has 0 aliphatic rings. The molecule has 3 aromatic rings. The minimum atomic E-state index is -1.87. The summed E-state index contributed by atoms with van der Waals surface area (Å²) in [6.45, 7) is -1.70. The van der Waals surface area contributed by atoms with E-state index in [0.29, 0.717) is 10.4 Å². The first-order valence-corrected chi connectivity index (χ1v) is 10.6. The maximum Gasteiger partial charge on any atom is 0.303 e. The van der Waals surface area contributed by atoms with Crippen LogP contribution in [0.1, 0.15) is 12.8 Å². The van der Waals surface area contributed by atoms with Crippen LogP contribution in [0.4, 0.5) is 17.6 Å². The lowest BCUT2D eigenvalue weighted by atomic mass is 10.1. The van der Waals surface area contributed by atoms with Crippen molar-refractivity contribution >= 4 is 40.0 Å². The van der Waals surface area contributed by atoms with Gasteiger partial charge in [-0.05, 0) is 30.0 Å². The standard InChI is InChI=1S/C23H17ClF4N2O6/c24-12-2-1-11-5-6-30(23(35)13(11)7-12)9-18(32)29-16(3-4-19(33)34)17(31)10-36-22-20(27)14(25)8-15(26)21(22)28/h1-2,5-8,16H,3-4,9-10H2,(H,29,32)(H,33,34). The predicted molar refractivity (Wildman–Crippen MR) is 119 cm³/mol. The molecule has 2 N–H and O–H groups in total. The fourth-order valence-corrected chi connectivity index (χ4v) is 3.45. The highest BCUT2D eigenvalue weighted by Crippen LogP contribution is 2.26. The number of nitrogens with one attached hydrogen (secondary N) is 1. The van der Waals surface area contributed by atoms with Crippen LogP contribution in [0.15, 0.2) is 41.3 Å². The van der Waals surface area contributed by atoms with Gasteiger partial charge in [0.1, 0.15) is 13.2 Å². The van der Waals surface area contributed by atoms with Crippen molar-refractivity contribution in [3.8, 4) is 5.75 Å². The summed E-state index contributed by atoms with van der Waals surface area (Å²) in [4.78, 5) is 48.7. The van der Waals surface area contributed by atoms with Crippen LogP contribution in [0.25, 0.3) is 10.8 Å². The molecule has 0 fully saturated rings. The normalized spacial score (nSPS) is 11.8. The molecule has 0 saturated carbocycles. The van der Waals surface area contributed by atoms with Crippen molar-refractivity contribution in [2.45, 2.75) is 25.4 Å². The molecule has 0 radical (unpaired) electrons. The van der Waals surface area contributed by atoms with E-state index < -0.39 is 84.3 Å². The molecule has 0 spiro atoms. The van der Waals surface area contributed by atoms with Gasteiger partial charge in [-0.15, -0.1) is 0 Å². The van der Waals surface area contributed by atoms with E-state index in [0.717, 1.165) is 4.57 Å². The Balaban J connectivity index is 1.75. The monoisotopic (exact) mass is 528 g/mol. The highest BCUT2D eigenvalue weighted by atomic mass is 35.5. The topological polar surface area (TPSA) is 115 Å². The van der Waals surface area contributed by atoms with E-state index in [1.807, 2.05) is 0 Å². The number of hydrogen-bond donors (Lipinski definition) is 2. The molecule has 0 bridgehead atoms. The number of carbonyl (C=O) groups is 3. The Labute approximate surface area is 205 Å². The molecule has 0 aliphatic carbocycles. The van der Waals surface area contributed by atoms with Crippen molar-refractivity contribution in [3.63, 3.8) is 0 Å². The van der Waals surface area contributed by atoms with E-state index >= 15 is 0 Å². The zero-order chi connectivity index (χ0) is 26.6. The van der Waals surface area contributed by atoms with Crippen LogP contribution >= 0.6 is 11.6 Å². The predicted octanol–water partition coefficient (Wildman–Crippen LogP) is 3.21. The van der Waals surface area contributed by atoms with Crippen LogP contribution < -0.4 is 15.6 Å². The van der Waals surface area contributed by atoms with Crippen LogP contribution in [-0.2, 0) is 20.9 Å². The number of carboxylic acid groups (broad SMARTS) is 1. The molecule has 0 aliphatic heterocycles. The maximum atomic E-state index is 13.8. The molecule has 2 aromatic carbocycles. The van der Waals surface area contributed by atoms with E-state index in [1.54, 1.807) is 18.2 Å². The number of aromatic nitrogens is 1. The summed E-state index contributed by atoms with van der Waals surface area (Å²) < 4.78 is 59.9. The number of benzene rings is 2. The summed E-state index contributed by atoms with van der Waals surface area (Å²) >= 11 is 5.91. The van der Waals surface area contributed by atoms with Crippen molar-refractivity contribution in [1.82, 2.24) is 9.88 Å². The van der Waals surface area contributed by atoms with E-state index in [1.165, 1.54) is 12.3 Å². The van der Waals surface area contributed by atoms with Crippen LogP contribution in [0.2, 0.25) is 5.02 Å². The van der Waals surface area contributed by atoms with Crippen molar-refractivity contribution in [2.75, 3.05) is 6.61 Å². The third kappa shape index (κ3) is 6.19. The average molecular weight is 529 g/mol. The minimum absolute atomic E-state index is 0.0437. The maximum absolute atomic E-state index is 13.8. The number of fused-ring (bicyclic) bond motifs is 1. The SMILES string of the molecule is O=C(O)CCC(NC(=O)Cn1ccc2ccc(Cl)cc2c1=O)C(=O)COc1c(F)c(F)cc(F)c1F. The average Bonchev–Trinajstić information content (AvgIpc) is 2.82. The molecule has 3 rings (SSSR count). The largest absolute Gasteiger partial charge is 0.481 e. The van der Waals surface area contributed by atoms with Gasteiger partial charge in [0.05, 0.1) is 6.04 Å². The molecule has 1 atom stereocenters. The van der Waals surface area contributed by atoms with Gasteiger partial charge in [0.15, 0.2) is 23.2 Å². The first-order chi connectivity index (χ1) is 17.0. The Bertz CT molecular complexity index is 1390. The summed E-state index contributed by atoms with van der Waals surface area (Å²) in [5.41, 5.74) is -0.555. The molecule has 36 heavy (non-hydrogen) atoms. The van der Waals surface area contributed by atoms with Gasteiger partial charge in [-0.2, -0.15) is 8.78 Å². The van der Waals surface area contributed by atoms with Crippen LogP contribution in [0.5, 0.6) is 5.75 Å². The molecular formula is C23H17ClF4N2O6. The second-order valence-electron chi connectivity index (χ2n) is 7.59. The van der Waals surface area contributed by atoms with Crippen LogP contribution in [0, 0.1) is 23.3 Å². The zero-order valence-corrected chi connectivity index (χ0v) is 19.0. The Morgan fingerprint density at radius 2 is 1.72 bits per heavy atom. The molecule has 13 heteroatoms. The second-order valence-corrected chi connectivity index (χ2v) is 8.02. The van der Waals surface area contributed by atoms with Gasteiger partial charge < -0.3 is 19.7 Å². The summed E-state index contributed by atoms with van der Waals surface area (Å²) in [6, 6.07) is 4.61. The Hall–Kier alpha value is -3.93. The third-order valence-electron chi connectivity index (χ3n) is 5.06. The van der Waals surface area contributed by atoms with Gasteiger partial charge in [0.25, 0.3) is 5.56 Å². The van der Waals surface area contributed by atoms with Crippen molar-refractivity contribution in [3.05, 3.63) is 75.2 Å². The summed E-state index contributed by atoms with van der Waals surface area (Å²) in [5.74, 6) is -11.9. The fraction of sp³-hybridized carbons (Fsp3) is 0.217. The van der Waals surface area contributed by atoms with Gasteiger partial charge in [-0.25, -0.2) is 8.78 Å². The van der Waals surface area contributed by atoms with Crippen molar-refractivity contribution in [1.29, 1.82) is 0 Å². The number of Topliss-reactive ketones (excluding diaryl/α,β-unsaturated/α-hetero) is 1. The van der Waals surface area contributed by atoms with Gasteiger partial charge in [0.2, 0.25) is 17.5 Å². The first-order valence-electron chi connectivity index (χ1n) is 10.3. The Morgan fingerprint density at radius 3 is 2.36 bits per heavy atom. The molecule has 1 amide bonds. The van der Waals surface area contributed by atoms with E-state index in [-0.39, 0.29) is 11.5 Å². The van der Waals surface area contributed by atoms with Crippen LogP contribution in [-0.4, -0.2) is 40.0 Å². The highest BCUT2D eigenvalue weighted by molar-refractivity contribution is 6.31.